The molecule has 0 saturated carbocycles. The lowest BCUT2D eigenvalue weighted by atomic mass is 10.0. The molecular weight excluding hydrogens is 522 g/mol. The molecule has 0 radical (unpaired) electrons. The van der Waals surface area contributed by atoms with E-state index in [4.69, 9.17) is 9.47 Å². The van der Waals surface area contributed by atoms with Gasteiger partial charge in [-0.05, 0) is 87.1 Å². The molecule has 41 heavy (non-hydrogen) atoms. The lowest BCUT2D eigenvalue weighted by Crippen LogP contribution is -2.45. The number of nitrogens with one attached hydrogen (secondary N) is 2. The number of hydrogen-bond donors (Lipinski definition) is 3. The molecule has 0 bridgehead atoms. The van der Waals surface area contributed by atoms with Crippen molar-refractivity contribution in [3.05, 3.63) is 82.9 Å². The highest BCUT2D eigenvalue weighted by Crippen LogP contribution is 2.34. The fourth-order valence-corrected chi connectivity index (χ4v) is 5.02. The van der Waals surface area contributed by atoms with Crippen LogP contribution in [0.1, 0.15) is 48.4 Å². The van der Waals surface area contributed by atoms with Crippen LogP contribution in [-0.2, 0) is 32.2 Å². The molecule has 1 atom stereocenters. The normalized spacial score (nSPS) is 15.1. The van der Waals surface area contributed by atoms with Gasteiger partial charge in [0.1, 0.15) is 17.2 Å². The van der Waals surface area contributed by atoms with Crippen molar-refractivity contribution in [2.45, 2.75) is 59.2 Å². The predicted molar refractivity (Wildman–Crippen MR) is 156 cm³/mol. The van der Waals surface area contributed by atoms with Gasteiger partial charge in [-0.3, -0.25) is 14.5 Å². The van der Waals surface area contributed by atoms with Gasteiger partial charge in [0.05, 0.1) is 12.6 Å². The van der Waals surface area contributed by atoms with E-state index in [1.54, 1.807) is 37.3 Å². The van der Waals surface area contributed by atoms with Crippen LogP contribution >= 0.6 is 0 Å². The summed E-state index contributed by atoms with van der Waals surface area (Å²) in [5.41, 5.74) is 3.68. The Balaban J connectivity index is 1.56. The Morgan fingerprint density at radius 2 is 1.76 bits per heavy atom. The van der Waals surface area contributed by atoms with Crippen molar-refractivity contribution in [1.29, 1.82) is 0 Å². The van der Waals surface area contributed by atoms with E-state index in [1.807, 2.05) is 44.2 Å². The van der Waals surface area contributed by atoms with Gasteiger partial charge in [-0.2, -0.15) is 0 Å². The first kappa shape index (κ1) is 29.6. The van der Waals surface area contributed by atoms with Crippen LogP contribution in [0.25, 0.3) is 0 Å². The highest BCUT2D eigenvalue weighted by molar-refractivity contribution is 6.37. The largest absolute Gasteiger partial charge is 0.508 e. The molecule has 1 fully saturated rings. The predicted octanol–water partition coefficient (Wildman–Crippen LogP) is 4.97. The summed E-state index contributed by atoms with van der Waals surface area (Å²) in [6, 6.07) is 18.2. The number of anilines is 1. The second-order valence-electron chi connectivity index (χ2n) is 10.2. The number of carbonyl (C=O) groups excluding carboxylic acids is 3. The van der Waals surface area contributed by atoms with E-state index >= 15 is 0 Å². The Hall–Kier alpha value is -4.37. The number of phenols is 1. The van der Waals surface area contributed by atoms with Crippen LogP contribution in [0.5, 0.6) is 17.2 Å². The van der Waals surface area contributed by atoms with Gasteiger partial charge < -0.3 is 25.2 Å². The molecule has 1 saturated heterocycles. The van der Waals surface area contributed by atoms with Gasteiger partial charge >= 0.3 is 11.9 Å². The summed E-state index contributed by atoms with van der Waals surface area (Å²) in [5, 5.41) is 16.4. The summed E-state index contributed by atoms with van der Waals surface area (Å²) < 4.78 is 11.0. The number of ether oxygens (including phenoxy) is 2. The second kappa shape index (κ2) is 13.8. The van der Waals surface area contributed by atoms with E-state index < -0.39 is 11.9 Å². The van der Waals surface area contributed by atoms with Gasteiger partial charge in [-0.15, -0.1) is 0 Å². The number of nitrogens with zero attached hydrogens (tertiary/aromatic N) is 1. The van der Waals surface area contributed by atoms with Crippen LogP contribution in [0.4, 0.5) is 5.69 Å². The number of aryl methyl sites for hydroxylation is 2. The molecule has 1 aliphatic rings. The molecule has 1 heterocycles. The van der Waals surface area contributed by atoms with Crippen molar-refractivity contribution in [2.24, 2.45) is 0 Å². The Morgan fingerprint density at radius 1 is 1.02 bits per heavy atom. The number of aromatic hydroxyl groups is 1. The summed E-state index contributed by atoms with van der Waals surface area (Å²) in [4.78, 5) is 38.8. The summed E-state index contributed by atoms with van der Waals surface area (Å²) >= 11 is 0. The molecular formula is C32H37N3O6. The van der Waals surface area contributed by atoms with E-state index in [2.05, 4.69) is 15.5 Å². The van der Waals surface area contributed by atoms with Gasteiger partial charge in [0.15, 0.2) is 0 Å². The number of hydrogen-bond acceptors (Lipinski definition) is 7. The van der Waals surface area contributed by atoms with Crippen molar-refractivity contribution in [1.82, 2.24) is 10.2 Å². The van der Waals surface area contributed by atoms with Crippen LogP contribution in [0.2, 0.25) is 0 Å². The fourth-order valence-electron chi connectivity index (χ4n) is 5.02. The molecule has 4 rings (SSSR count). The van der Waals surface area contributed by atoms with Crippen molar-refractivity contribution in [2.75, 3.05) is 18.5 Å². The van der Waals surface area contributed by atoms with Gasteiger partial charge in [-0.25, -0.2) is 4.79 Å². The van der Waals surface area contributed by atoms with E-state index in [0.717, 1.165) is 36.0 Å². The van der Waals surface area contributed by atoms with Gasteiger partial charge in [-0.1, -0.05) is 30.3 Å². The summed E-state index contributed by atoms with van der Waals surface area (Å²) in [6.07, 6.45) is 2.63. The second-order valence-corrected chi connectivity index (χ2v) is 10.2. The molecule has 1 aliphatic heterocycles. The van der Waals surface area contributed by atoms with Crippen molar-refractivity contribution in [3.63, 3.8) is 0 Å². The maximum absolute atomic E-state index is 13.0. The van der Waals surface area contributed by atoms with Gasteiger partial charge in [0, 0.05) is 30.9 Å². The first-order chi connectivity index (χ1) is 19.7. The quantitative estimate of drug-likeness (QED) is 0.250. The van der Waals surface area contributed by atoms with Crippen molar-refractivity contribution < 1.29 is 29.0 Å². The van der Waals surface area contributed by atoms with Crippen LogP contribution in [0.3, 0.4) is 0 Å². The first-order valence-corrected chi connectivity index (χ1v) is 13.9. The molecule has 3 aromatic rings. The smallest absolute Gasteiger partial charge is 0.397 e. The standard InChI is InChI=1S/C32H37N3O6/c1-4-40-32(39)31(38)34-25-16-21(2)29(22(3)17-25)41-26-13-14-28(36)24(18-26)20-35(19-23-10-6-5-7-11-23)27-12-8-9-15-33-30(27)37/h5-7,10-11,13-14,16-18,27,36H,4,8-9,12,15,19-20H2,1-3H3,(H,33,37)(H,34,38). The molecule has 0 spiro atoms. The Labute approximate surface area is 240 Å². The highest BCUT2D eigenvalue weighted by atomic mass is 16.5. The zero-order chi connectivity index (χ0) is 29.4. The number of benzene rings is 3. The number of carbonyl (C=O) groups is 3. The fraction of sp³-hybridized carbons (Fsp3) is 0.344. The number of phenolic OH excluding ortho intramolecular Hbond substituents is 1. The molecule has 0 aliphatic carbocycles. The van der Waals surface area contributed by atoms with Gasteiger partial charge in [0.2, 0.25) is 5.91 Å². The summed E-state index contributed by atoms with van der Waals surface area (Å²) in [5.74, 6) is -0.536. The van der Waals surface area contributed by atoms with E-state index in [0.29, 0.717) is 42.4 Å². The third-order valence-electron chi connectivity index (χ3n) is 7.00. The van der Waals surface area contributed by atoms with Crippen molar-refractivity contribution >= 4 is 23.5 Å². The number of amides is 2. The summed E-state index contributed by atoms with van der Waals surface area (Å²) in [6.45, 7) is 7.02. The maximum atomic E-state index is 13.0. The van der Waals surface area contributed by atoms with Crippen molar-refractivity contribution in [3.8, 4) is 17.2 Å². The minimum absolute atomic E-state index is 0.00622. The molecule has 9 heteroatoms. The van der Waals surface area contributed by atoms with Crippen LogP contribution < -0.4 is 15.4 Å². The Kier molecular flexibility index (Phi) is 9.97. The lowest BCUT2D eigenvalue weighted by Gasteiger charge is -2.30. The van der Waals surface area contributed by atoms with Crippen LogP contribution in [0.15, 0.2) is 60.7 Å². The van der Waals surface area contributed by atoms with Gasteiger partial charge in [0.25, 0.3) is 0 Å². The third kappa shape index (κ3) is 7.85. The van der Waals surface area contributed by atoms with E-state index in [-0.39, 0.29) is 24.3 Å². The molecule has 3 N–H and O–H groups in total. The van der Waals surface area contributed by atoms with Crippen LogP contribution in [0, 0.1) is 13.8 Å². The molecule has 0 aromatic heterocycles. The van der Waals surface area contributed by atoms with E-state index in [9.17, 15) is 19.5 Å². The zero-order valence-corrected chi connectivity index (χ0v) is 23.7. The molecule has 216 valence electrons. The zero-order valence-electron chi connectivity index (χ0n) is 23.7. The number of rotatable bonds is 9. The third-order valence-corrected chi connectivity index (χ3v) is 7.00. The maximum Gasteiger partial charge on any atom is 0.397 e. The topological polar surface area (TPSA) is 117 Å². The monoisotopic (exact) mass is 559 g/mol. The molecule has 2 amide bonds. The molecule has 1 unspecified atom stereocenters. The van der Waals surface area contributed by atoms with E-state index in [1.165, 1.54) is 0 Å². The highest BCUT2D eigenvalue weighted by Gasteiger charge is 2.28. The average Bonchev–Trinajstić information content (AvgIpc) is 3.16. The molecule has 3 aromatic carbocycles. The Morgan fingerprint density at radius 3 is 2.46 bits per heavy atom. The molecule has 9 nitrogen and oxygen atoms in total. The number of esters is 1. The summed E-state index contributed by atoms with van der Waals surface area (Å²) in [7, 11) is 0. The Bertz CT molecular complexity index is 1370. The average molecular weight is 560 g/mol. The lowest BCUT2D eigenvalue weighted by molar-refractivity contribution is -0.152. The minimum atomic E-state index is -0.942. The minimum Gasteiger partial charge on any atom is -0.508 e. The first-order valence-electron chi connectivity index (χ1n) is 13.9. The SMILES string of the molecule is CCOC(=O)C(=O)Nc1cc(C)c(Oc2ccc(O)c(CN(Cc3ccccc3)C3CCCCNC3=O)c2)c(C)c1. The van der Waals surface area contributed by atoms with Crippen LogP contribution in [-0.4, -0.2) is 47.0 Å².